The van der Waals surface area contributed by atoms with Gasteiger partial charge in [0.25, 0.3) is 0 Å². The van der Waals surface area contributed by atoms with E-state index in [1.165, 1.54) is 12.1 Å². The van der Waals surface area contributed by atoms with Crippen LogP contribution in [0.5, 0.6) is 11.6 Å². The maximum atomic E-state index is 12.8. The minimum atomic E-state index is -0.294. The van der Waals surface area contributed by atoms with Crippen molar-refractivity contribution in [3.05, 3.63) is 42.3 Å². The van der Waals surface area contributed by atoms with Crippen molar-refractivity contribution in [2.24, 2.45) is 0 Å². The highest BCUT2D eigenvalue weighted by Gasteiger charge is 2.01. The summed E-state index contributed by atoms with van der Waals surface area (Å²) < 4.78 is 18.3. The summed E-state index contributed by atoms with van der Waals surface area (Å²) in [4.78, 5) is 8.33. The molecule has 0 aliphatic rings. The minimum absolute atomic E-state index is 0.294. The lowest BCUT2D eigenvalue weighted by Crippen LogP contribution is -2.05. The average molecular weight is 261 g/mol. The van der Waals surface area contributed by atoms with Gasteiger partial charge in [-0.15, -0.1) is 0 Å². The van der Waals surface area contributed by atoms with Crippen LogP contribution < -0.4 is 10.1 Å². The van der Waals surface area contributed by atoms with Crippen molar-refractivity contribution < 1.29 is 9.13 Å². The van der Waals surface area contributed by atoms with Crippen molar-refractivity contribution in [2.75, 3.05) is 11.9 Å². The molecular weight excluding hydrogens is 245 g/mol. The molecule has 1 heterocycles. The molecule has 0 aliphatic heterocycles. The topological polar surface area (TPSA) is 47.0 Å². The number of hydrogen-bond donors (Lipinski definition) is 1. The zero-order chi connectivity index (χ0) is 13.5. The van der Waals surface area contributed by atoms with Crippen LogP contribution in [0.3, 0.4) is 0 Å². The summed E-state index contributed by atoms with van der Waals surface area (Å²) in [6.45, 7) is 2.95. The molecular formula is C14H16FN3O. The number of nitrogens with one attached hydrogen (secondary N) is 1. The fourth-order valence-electron chi connectivity index (χ4n) is 1.48. The lowest BCUT2D eigenvalue weighted by molar-refractivity contribution is 0.460. The first-order valence-electron chi connectivity index (χ1n) is 6.28. The second kappa shape index (κ2) is 6.68. The van der Waals surface area contributed by atoms with Gasteiger partial charge in [0.2, 0.25) is 11.8 Å². The van der Waals surface area contributed by atoms with Crippen LogP contribution >= 0.6 is 0 Å². The van der Waals surface area contributed by atoms with Crippen LogP contribution in [-0.2, 0) is 0 Å². The fourth-order valence-corrected chi connectivity index (χ4v) is 1.48. The number of rotatable bonds is 6. The summed E-state index contributed by atoms with van der Waals surface area (Å²) >= 11 is 0. The largest absolute Gasteiger partial charge is 0.439 e. The molecule has 0 saturated carbocycles. The van der Waals surface area contributed by atoms with Crippen molar-refractivity contribution in [1.82, 2.24) is 9.97 Å². The summed E-state index contributed by atoms with van der Waals surface area (Å²) in [5.41, 5.74) is 0. The van der Waals surface area contributed by atoms with Crippen LogP contribution in [0.25, 0.3) is 0 Å². The Balaban J connectivity index is 2.00. The highest BCUT2D eigenvalue weighted by Crippen LogP contribution is 2.19. The van der Waals surface area contributed by atoms with Crippen LogP contribution in [0.4, 0.5) is 10.3 Å². The predicted molar refractivity (Wildman–Crippen MR) is 71.9 cm³/mol. The van der Waals surface area contributed by atoms with Gasteiger partial charge in [0.15, 0.2) is 0 Å². The van der Waals surface area contributed by atoms with E-state index >= 15 is 0 Å². The van der Waals surface area contributed by atoms with Gasteiger partial charge in [0.1, 0.15) is 11.6 Å². The van der Waals surface area contributed by atoms with E-state index in [-0.39, 0.29) is 5.82 Å². The van der Waals surface area contributed by atoms with Gasteiger partial charge in [0.05, 0.1) is 0 Å². The monoisotopic (exact) mass is 261 g/mol. The summed E-state index contributed by atoms with van der Waals surface area (Å²) in [6, 6.07) is 7.46. The number of aromatic nitrogens is 2. The van der Waals surface area contributed by atoms with E-state index in [0.29, 0.717) is 17.6 Å². The third kappa shape index (κ3) is 4.21. The molecule has 5 heteroatoms. The SMILES string of the molecule is CCCCNc1nccc(Oc2ccc(F)cc2)n1. The molecule has 2 aromatic rings. The third-order valence-corrected chi connectivity index (χ3v) is 2.48. The van der Waals surface area contributed by atoms with Crippen LogP contribution in [0.15, 0.2) is 36.5 Å². The molecule has 4 nitrogen and oxygen atoms in total. The van der Waals surface area contributed by atoms with E-state index in [4.69, 9.17) is 4.74 Å². The Labute approximate surface area is 111 Å². The number of ether oxygens (including phenoxy) is 1. The van der Waals surface area contributed by atoms with Crippen molar-refractivity contribution in [3.8, 4) is 11.6 Å². The second-order valence-electron chi connectivity index (χ2n) is 4.05. The third-order valence-electron chi connectivity index (χ3n) is 2.48. The molecule has 0 saturated heterocycles. The molecule has 2 rings (SSSR count). The fraction of sp³-hybridized carbons (Fsp3) is 0.286. The summed E-state index contributed by atoms with van der Waals surface area (Å²) in [5.74, 6) is 1.21. The molecule has 0 aliphatic carbocycles. The van der Waals surface area contributed by atoms with E-state index in [2.05, 4.69) is 22.2 Å². The van der Waals surface area contributed by atoms with Crippen LogP contribution in [0.2, 0.25) is 0 Å². The normalized spacial score (nSPS) is 10.2. The van der Waals surface area contributed by atoms with E-state index in [1.807, 2.05) is 0 Å². The van der Waals surface area contributed by atoms with E-state index in [1.54, 1.807) is 24.4 Å². The van der Waals surface area contributed by atoms with Gasteiger partial charge >= 0.3 is 0 Å². The highest BCUT2D eigenvalue weighted by molar-refractivity contribution is 5.31. The van der Waals surface area contributed by atoms with Crippen LogP contribution in [-0.4, -0.2) is 16.5 Å². The molecule has 0 atom stereocenters. The number of anilines is 1. The maximum Gasteiger partial charge on any atom is 0.225 e. The number of benzene rings is 1. The lowest BCUT2D eigenvalue weighted by atomic mass is 10.3. The smallest absolute Gasteiger partial charge is 0.225 e. The van der Waals surface area contributed by atoms with Gasteiger partial charge in [-0.1, -0.05) is 13.3 Å². The molecule has 0 radical (unpaired) electrons. The zero-order valence-electron chi connectivity index (χ0n) is 10.8. The Morgan fingerprint density at radius 3 is 2.74 bits per heavy atom. The number of nitrogens with zero attached hydrogens (tertiary/aromatic N) is 2. The van der Waals surface area contributed by atoms with E-state index < -0.39 is 0 Å². The second-order valence-corrected chi connectivity index (χ2v) is 4.05. The summed E-state index contributed by atoms with van der Waals surface area (Å²) in [5, 5.41) is 3.12. The van der Waals surface area contributed by atoms with Gasteiger partial charge in [-0.25, -0.2) is 9.37 Å². The van der Waals surface area contributed by atoms with Crippen molar-refractivity contribution >= 4 is 5.95 Å². The Hall–Kier alpha value is -2.17. The quantitative estimate of drug-likeness (QED) is 0.807. The molecule has 0 fully saturated rings. The lowest BCUT2D eigenvalue weighted by Gasteiger charge is -2.07. The molecule has 0 unspecified atom stereocenters. The Morgan fingerprint density at radius 1 is 1.21 bits per heavy atom. The van der Waals surface area contributed by atoms with Crippen molar-refractivity contribution in [1.29, 1.82) is 0 Å². The molecule has 0 amide bonds. The Morgan fingerprint density at radius 2 is 2.00 bits per heavy atom. The van der Waals surface area contributed by atoms with Gasteiger partial charge in [0, 0.05) is 18.8 Å². The first-order chi connectivity index (χ1) is 9.28. The van der Waals surface area contributed by atoms with E-state index in [0.717, 1.165) is 19.4 Å². The average Bonchev–Trinajstić information content (AvgIpc) is 2.42. The summed E-state index contributed by atoms with van der Waals surface area (Å²) in [7, 11) is 0. The molecule has 19 heavy (non-hydrogen) atoms. The number of halogens is 1. The van der Waals surface area contributed by atoms with Crippen molar-refractivity contribution in [3.63, 3.8) is 0 Å². The molecule has 0 bridgehead atoms. The predicted octanol–water partition coefficient (Wildman–Crippen LogP) is 3.62. The first-order valence-corrected chi connectivity index (χ1v) is 6.28. The van der Waals surface area contributed by atoms with E-state index in [9.17, 15) is 4.39 Å². The number of unbranched alkanes of at least 4 members (excludes halogenated alkanes) is 1. The Kier molecular flexibility index (Phi) is 4.66. The van der Waals surface area contributed by atoms with Gasteiger partial charge in [-0.2, -0.15) is 4.98 Å². The maximum absolute atomic E-state index is 12.8. The molecule has 1 aromatic carbocycles. The Bertz CT molecular complexity index is 516. The molecule has 0 spiro atoms. The molecule has 1 N–H and O–H groups in total. The van der Waals surface area contributed by atoms with Gasteiger partial charge < -0.3 is 10.1 Å². The standard InChI is InChI=1S/C14H16FN3O/c1-2-3-9-16-14-17-10-8-13(18-14)19-12-6-4-11(15)5-7-12/h4-8,10H,2-3,9H2,1H3,(H,16,17,18). The number of hydrogen-bond acceptors (Lipinski definition) is 4. The molecule has 1 aromatic heterocycles. The zero-order valence-corrected chi connectivity index (χ0v) is 10.8. The van der Waals surface area contributed by atoms with Crippen molar-refractivity contribution in [2.45, 2.75) is 19.8 Å². The summed E-state index contributed by atoms with van der Waals surface area (Å²) in [6.07, 6.45) is 3.80. The minimum Gasteiger partial charge on any atom is -0.439 e. The highest BCUT2D eigenvalue weighted by atomic mass is 19.1. The van der Waals surface area contributed by atoms with Gasteiger partial charge in [-0.3, -0.25) is 0 Å². The first kappa shape index (κ1) is 13.3. The molecule has 100 valence electrons. The van der Waals surface area contributed by atoms with Crippen LogP contribution in [0, 0.1) is 5.82 Å². The van der Waals surface area contributed by atoms with Gasteiger partial charge in [-0.05, 0) is 30.7 Å². The van der Waals surface area contributed by atoms with Crippen LogP contribution in [0.1, 0.15) is 19.8 Å².